The maximum atomic E-state index is 11.0. The lowest BCUT2D eigenvalue weighted by molar-refractivity contribution is -0.121. The Morgan fingerprint density at radius 1 is 1.44 bits per heavy atom. The molecule has 0 bridgehead atoms. The van der Waals surface area contributed by atoms with Gasteiger partial charge >= 0.3 is 0 Å². The first kappa shape index (κ1) is 13.4. The molecule has 0 spiro atoms. The van der Waals surface area contributed by atoms with E-state index < -0.39 is 0 Å². The van der Waals surface area contributed by atoms with Crippen molar-refractivity contribution in [2.24, 2.45) is 5.84 Å². The van der Waals surface area contributed by atoms with Gasteiger partial charge < -0.3 is 5.11 Å². The molecule has 16 heavy (non-hydrogen) atoms. The van der Waals surface area contributed by atoms with Crippen molar-refractivity contribution < 1.29 is 9.90 Å². The van der Waals surface area contributed by atoms with Gasteiger partial charge in [0.15, 0.2) is 0 Å². The number of nitrogens with two attached hydrogens (primary N) is 1. The normalized spacial score (nSPS) is 22.8. The summed E-state index contributed by atoms with van der Waals surface area (Å²) in [5, 5.41) is 9.30. The highest BCUT2D eigenvalue weighted by Crippen LogP contribution is 2.16. The fourth-order valence-corrected chi connectivity index (χ4v) is 2.25. The van der Waals surface area contributed by atoms with Crippen LogP contribution >= 0.6 is 0 Å². The first-order valence-corrected chi connectivity index (χ1v) is 6.12. The Hall–Kier alpha value is -0.650. The molecule has 1 amide bonds. The summed E-state index contributed by atoms with van der Waals surface area (Å²) in [6.07, 6.45) is 5.98. The standard InChI is InChI=1S/C11H23N3O2/c12-13-11(16)6-4-8-14-7-3-1-2-5-10(14)9-15/h10,15H,1-9,12H2,(H,13,16). The molecular formula is C11H23N3O2. The lowest BCUT2D eigenvalue weighted by Crippen LogP contribution is -2.38. The van der Waals surface area contributed by atoms with E-state index in [1.54, 1.807) is 0 Å². The summed E-state index contributed by atoms with van der Waals surface area (Å²) < 4.78 is 0. The van der Waals surface area contributed by atoms with E-state index in [1.807, 2.05) is 0 Å². The Balaban J connectivity index is 2.28. The van der Waals surface area contributed by atoms with Gasteiger partial charge in [0.25, 0.3) is 0 Å². The van der Waals surface area contributed by atoms with Gasteiger partial charge in [-0.1, -0.05) is 12.8 Å². The highest BCUT2D eigenvalue weighted by Gasteiger charge is 2.19. The van der Waals surface area contributed by atoms with E-state index in [0.717, 1.165) is 25.9 Å². The van der Waals surface area contributed by atoms with Gasteiger partial charge in [-0.25, -0.2) is 5.84 Å². The summed E-state index contributed by atoms with van der Waals surface area (Å²) >= 11 is 0. The zero-order chi connectivity index (χ0) is 11.8. The van der Waals surface area contributed by atoms with E-state index in [2.05, 4.69) is 10.3 Å². The largest absolute Gasteiger partial charge is 0.395 e. The third-order valence-electron chi connectivity index (χ3n) is 3.22. The Morgan fingerprint density at radius 2 is 2.25 bits per heavy atom. The van der Waals surface area contributed by atoms with Crippen molar-refractivity contribution in [2.45, 2.75) is 44.6 Å². The summed E-state index contributed by atoms with van der Waals surface area (Å²) in [5.74, 6) is 4.90. The van der Waals surface area contributed by atoms with Crippen LogP contribution < -0.4 is 11.3 Å². The Kier molecular flexibility index (Phi) is 6.37. The topological polar surface area (TPSA) is 78.6 Å². The molecular weight excluding hydrogens is 206 g/mol. The molecule has 1 saturated heterocycles. The van der Waals surface area contributed by atoms with Gasteiger partial charge in [-0.15, -0.1) is 0 Å². The quantitative estimate of drug-likeness (QED) is 0.352. The number of nitrogens with zero attached hydrogens (tertiary/aromatic N) is 1. The first-order valence-electron chi connectivity index (χ1n) is 6.12. The van der Waals surface area contributed by atoms with E-state index in [1.165, 1.54) is 19.3 Å². The van der Waals surface area contributed by atoms with Crippen LogP contribution in [0.2, 0.25) is 0 Å². The fraction of sp³-hybridized carbons (Fsp3) is 0.909. The van der Waals surface area contributed by atoms with Crippen LogP contribution in [0.4, 0.5) is 0 Å². The predicted octanol–water partition coefficient (Wildman–Crippen LogP) is -0.00660. The molecule has 1 heterocycles. The number of hydrogen-bond acceptors (Lipinski definition) is 4. The maximum Gasteiger partial charge on any atom is 0.233 e. The Bertz CT molecular complexity index is 211. The summed E-state index contributed by atoms with van der Waals surface area (Å²) in [4.78, 5) is 13.3. The minimum absolute atomic E-state index is 0.115. The smallest absolute Gasteiger partial charge is 0.233 e. The summed E-state index contributed by atoms with van der Waals surface area (Å²) in [7, 11) is 0. The monoisotopic (exact) mass is 229 g/mol. The zero-order valence-corrected chi connectivity index (χ0v) is 9.82. The van der Waals surface area contributed by atoms with Gasteiger partial charge in [-0.05, 0) is 32.4 Å². The SMILES string of the molecule is NNC(=O)CCCN1CCCCCC1CO. The molecule has 0 aliphatic carbocycles. The molecule has 94 valence electrons. The van der Waals surface area contributed by atoms with Crippen LogP contribution in [-0.4, -0.2) is 41.7 Å². The Labute approximate surface area is 97.0 Å². The molecule has 5 nitrogen and oxygen atoms in total. The van der Waals surface area contributed by atoms with E-state index in [-0.39, 0.29) is 18.6 Å². The van der Waals surface area contributed by atoms with Crippen LogP contribution in [0.5, 0.6) is 0 Å². The van der Waals surface area contributed by atoms with Crippen molar-refractivity contribution in [3.8, 4) is 0 Å². The van der Waals surface area contributed by atoms with Crippen LogP contribution in [-0.2, 0) is 4.79 Å². The molecule has 0 radical (unpaired) electrons. The molecule has 0 aromatic heterocycles. The average molecular weight is 229 g/mol. The van der Waals surface area contributed by atoms with Crippen molar-refractivity contribution in [3.05, 3.63) is 0 Å². The van der Waals surface area contributed by atoms with Crippen LogP contribution in [0, 0.1) is 0 Å². The molecule has 5 heteroatoms. The molecule has 0 aromatic carbocycles. The number of carbonyl (C=O) groups excluding carboxylic acids is 1. The molecule has 1 atom stereocenters. The lowest BCUT2D eigenvalue weighted by atomic mass is 10.1. The van der Waals surface area contributed by atoms with E-state index >= 15 is 0 Å². The van der Waals surface area contributed by atoms with Gasteiger partial charge in [-0.3, -0.25) is 15.1 Å². The summed E-state index contributed by atoms with van der Waals surface area (Å²) in [6.45, 7) is 2.14. The molecule has 4 N–H and O–H groups in total. The number of nitrogens with one attached hydrogen (secondary N) is 1. The zero-order valence-electron chi connectivity index (χ0n) is 9.82. The summed E-state index contributed by atoms with van der Waals surface area (Å²) in [6, 6.07) is 0.281. The third-order valence-corrected chi connectivity index (χ3v) is 3.22. The van der Waals surface area contributed by atoms with Crippen LogP contribution in [0.3, 0.4) is 0 Å². The van der Waals surface area contributed by atoms with Crippen LogP contribution in [0.25, 0.3) is 0 Å². The van der Waals surface area contributed by atoms with Gasteiger partial charge in [0.1, 0.15) is 0 Å². The van der Waals surface area contributed by atoms with Crippen LogP contribution in [0.15, 0.2) is 0 Å². The van der Waals surface area contributed by atoms with E-state index in [0.29, 0.717) is 6.42 Å². The Morgan fingerprint density at radius 3 is 2.94 bits per heavy atom. The van der Waals surface area contributed by atoms with Crippen molar-refractivity contribution in [1.29, 1.82) is 0 Å². The lowest BCUT2D eigenvalue weighted by Gasteiger charge is -2.28. The molecule has 1 aliphatic heterocycles. The minimum atomic E-state index is -0.115. The molecule has 0 saturated carbocycles. The number of rotatable bonds is 5. The number of hydrazine groups is 1. The van der Waals surface area contributed by atoms with Gasteiger partial charge in [0.2, 0.25) is 5.91 Å². The highest BCUT2D eigenvalue weighted by molar-refractivity contribution is 5.75. The fourth-order valence-electron chi connectivity index (χ4n) is 2.25. The molecule has 0 aromatic rings. The first-order chi connectivity index (χ1) is 7.77. The van der Waals surface area contributed by atoms with Crippen LogP contribution in [0.1, 0.15) is 38.5 Å². The molecule has 1 rings (SSSR count). The van der Waals surface area contributed by atoms with Gasteiger partial charge in [0.05, 0.1) is 6.61 Å². The molecule has 1 aliphatic rings. The highest BCUT2D eigenvalue weighted by atomic mass is 16.3. The van der Waals surface area contributed by atoms with Crippen molar-refractivity contribution in [1.82, 2.24) is 10.3 Å². The van der Waals surface area contributed by atoms with E-state index in [4.69, 9.17) is 5.84 Å². The average Bonchev–Trinajstić information content (AvgIpc) is 2.53. The van der Waals surface area contributed by atoms with Crippen molar-refractivity contribution in [2.75, 3.05) is 19.7 Å². The van der Waals surface area contributed by atoms with Gasteiger partial charge in [0, 0.05) is 12.5 Å². The summed E-state index contributed by atoms with van der Waals surface area (Å²) in [5.41, 5.74) is 2.13. The van der Waals surface area contributed by atoms with Crippen molar-refractivity contribution >= 4 is 5.91 Å². The second-order valence-electron chi connectivity index (χ2n) is 4.39. The second-order valence-corrected chi connectivity index (χ2v) is 4.39. The van der Waals surface area contributed by atoms with Crippen molar-refractivity contribution in [3.63, 3.8) is 0 Å². The molecule has 1 fully saturated rings. The number of likely N-dealkylation sites (tertiary alicyclic amines) is 1. The predicted molar refractivity (Wildman–Crippen MR) is 62.5 cm³/mol. The maximum absolute atomic E-state index is 11.0. The number of carbonyl (C=O) groups is 1. The minimum Gasteiger partial charge on any atom is -0.395 e. The van der Waals surface area contributed by atoms with Gasteiger partial charge in [-0.2, -0.15) is 0 Å². The number of amides is 1. The second kappa shape index (κ2) is 7.60. The number of aliphatic hydroxyl groups is 1. The van der Waals surface area contributed by atoms with E-state index in [9.17, 15) is 9.90 Å². The third kappa shape index (κ3) is 4.47. The molecule has 1 unspecified atom stereocenters. The number of aliphatic hydroxyl groups excluding tert-OH is 1. The number of hydrogen-bond donors (Lipinski definition) is 3.